The average molecular weight is 253 g/mol. The summed E-state index contributed by atoms with van der Waals surface area (Å²) in [5.41, 5.74) is 1.38. The molecule has 1 fully saturated rings. The van der Waals surface area contributed by atoms with Crippen LogP contribution in [-0.2, 0) is 11.3 Å². The molecule has 0 aliphatic carbocycles. The van der Waals surface area contributed by atoms with E-state index in [-0.39, 0.29) is 0 Å². The molecule has 2 rings (SSSR count). The van der Waals surface area contributed by atoms with E-state index in [1.807, 2.05) is 0 Å². The lowest BCUT2D eigenvalue weighted by Crippen LogP contribution is -2.35. The van der Waals surface area contributed by atoms with Crippen molar-refractivity contribution < 1.29 is 9.90 Å². The normalized spacial score (nSPS) is 21.5. The lowest BCUT2D eigenvalue weighted by molar-refractivity contribution is -0.137. The molecule has 4 heteroatoms. The number of carboxylic acids is 1. The molecule has 0 spiro atoms. The van der Waals surface area contributed by atoms with Gasteiger partial charge in [-0.25, -0.2) is 0 Å². The van der Waals surface area contributed by atoms with E-state index in [4.69, 9.17) is 5.11 Å². The van der Waals surface area contributed by atoms with E-state index < -0.39 is 5.97 Å². The summed E-state index contributed by atoms with van der Waals surface area (Å²) < 4.78 is 0. The van der Waals surface area contributed by atoms with Gasteiger partial charge in [0.15, 0.2) is 0 Å². The third-order valence-corrected chi connectivity index (χ3v) is 4.09. The van der Waals surface area contributed by atoms with E-state index in [1.165, 1.54) is 18.4 Å². The molecule has 1 unspecified atom stereocenters. The molecule has 1 aromatic heterocycles. The lowest BCUT2D eigenvalue weighted by Gasteiger charge is -2.32. The van der Waals surface area contributed by atoms with Gasteiger partial charge >= 0.3 is 5.97 Å². The molecular formula is C13H19NO2S. The van der Waals surface area contributed by atoms with E-state index in [9.17, 15) is 4.79 Å². The van der Waals surface area contributed by atoms with Crippen molar-refractivity contribution >= 4 is 17.3 Å². The number of piperidine rings is 1. The predicted octanol–water partition coefficient (Wildman–Crippen LogP) is 2.82. The second-order valence-electron chi connectivity index (χ2n) is 4.81. The first-order valence-electron chi connectivity index (χ1n) is 6.19. The zero-order chi connectivity index (χ0) is 12.1. The van der Waals surface area contributed by atoms with Crippen LogP contribution in [0.3, 0.4) is 0 Å². The molecule has 0 amide bonds. The Kier molecular flexibility index (Phi) is 4.57. The molecular weight excluding hydrogens is 234 g/mol. The number of carboxylic acid groups (broad SMARTS) is 1. The molecule has 1 aliphatic heterocycles. The summed E-state index contributed by atoms with van der Waals surface area (Å²) in [7, 11) is 0. The Bertz CT molecular complexity index is 350. The number of thiophene rings is 1. The molecule has 1 saturated heterocycles. The van der Waals surface area contributed by atoms with Crippen LogP contribution in [-0.4, -0.2) is 29.1 Å². The highest BCUT2D eigenvalue weighted by atomic mass is 32.1. The summed E-state index contributed by atoms with van der Waals surface area (Å²) in [4.78, 5) is 13.0. The zero-order valence-corrected chi connectivity index (χ0v) is 10.8. The van der Waals surface area contributed by atoms with Gasteiger partial charge in [-0.3, -0.25) is 9.69 Å². The number of hydrogen-bond donors (Lipinski definition) is 1. The third-order valence-electron chi connectivity index (χ3n) is 3.36. The van der Waals surface area contributed by atoms with E-state index in [1.54, 1.807) is 11.3 Å². The van der Waals surface area contributed by atoms with E-state index >= 15 is 0 Å². The molecule has 1 aliphatic rings. The molecule has 94 valence electrons. The largest absolute Gasteiger partial charge is 0.481 e. The van der Waals surface area contributed by atoms with Crippen molar-refractivity contribution in [1.82, 2.24) is 4.90 Å². The van der Waals surface area contributed by atoms with Crippen molar-refractivity contribution in [3.8, 4) is 0 Å². The molecule has 1 aromatic rings. The molecule has 17 heavy (non-hydrogen) atoms. The number of nitrogens with zero attached hydrogens (tertiary/aromatic N) is 1. The summed E-state index contributed by atoms with van der Waals surface area (Å²) in [6, 6.07) is 2.17. The fraction of sp³-hybridized carbons (Fsp3) is 0.615. The maximum Gasteiger partial charge on any atom is 0.303 e. The highest BCUT2D eigenvalue weighted by Crippen LogP contribution is 2.22. The van der Waals surface area contributed by atoms with Crippen molar-refractivity contribution in [2.45, 2.75) is 32.2 Å². The Morgan fingerprint density at radius 2 is 2.47 bits per heavy atom. The molecule has 0 radical (unpaired) electrons. The maximum atomic E-state index is 10.6. The van der Waals surface area contributed by atoms with Crippen molar-refractivity contribution in [3.05, 3.63) is 22.4 Å². The van der Waals surface area contributed by atoms with Gasteiger partial charge in [-0.05, 0) is 54.1 Å². The molecule has 2 heterocycles. The smallest absolute Gasteiger partial charge is 0.303 e. The van der Waals surface area contributed by atoms with Gasteiger partial charge in [0.2, 0.25) is 0 Å². The van der Waals surface area contributed by atoms with E-state index in [0.29, 0.717) is 12.3 Å². The quantitative estimate of drug-likeness (QED) is 0.877. The number of likely N-dealkylation sites (tertiary alicyclic amines) is 1. The minimum absolute atomic E-state index is 0.316. The number of aliphatic carboxylic acids is 1. The Morgan fingerprint density at radius 1 is 1.59 bits per heavy atom. The molecule has 3 nitrogen and oxygen atoms in total. The first-order valence-corrected chi connectivity index (χ1v) is 7.13. The van der Waals surface area contributed by atoms with Gasteiger partial charge in [-0.2, -0.15) is 11.3 Å². The Morgan fingerprint density at radius 3 is 3.18 bits per heavy atom. The molecule has 1 atom stereocenters. The second kappa shape index (κ2) is 6.17. The topological polar surface area (TPSA) is 40.5 Å². The average Bonchev–Trinajstić information content (AvgIpc) is 2.80. The Labute approximate surface area is 106 Å². The van der Waals surface area contributed by atoms with E-state index in [0.717, 1.165) is 26.1 Å². The van der Waals surface area contributed by atoms with Gasteiger partial charge in [0.25, 0.3) is 0 Å². The standard InChI is InChI=1S/C13H19NO2S/c15-13(16)4-3-11-2-1-6-14(8-11)9-12-5-7-17-10-12/h5,7,10-11H,1-4,6,8-9H2,(H,15,16). The zero-order valence-electron chi connectivity index (χ0n) is 9.97. The van der Waals surface area contributed by atoms with Crippen molar-refractivity contribution in [2.75, 3.05) is 13.1 Å². The fourth-order valence-electron chi connectivity index (χ4n) is 2.50. The van der Waals surface area contributed by atoms with Gasteiger partial charge in [0.1, 0.15) is 0 Å². The fourth-order valence-corrected chi connectivity index (χ4v) is 3.16. The van der Waals surface area contributed by atoms with Crippen LogP contribution < -0.4 is 0 Å². The monoisotopic (exact) mass is 253 g/mol. The predicted molar refractivity (Wildman–Crippen MR) is 69.2 cm³/mol. The van der Waals surface area contributed by atoms with Crippen molar-refractivity contribution in [1.29, 1.82) is 0 Å². The lowest BCUT2D eigenvalue weighted by atomic mass is 9.93. The highest BCUT2D eigenvalue weighted by molar-refractivity contribution is 7.07. The van der Waals surface area contributed by atoms with Crippen LogP contribution in [0.2, 0.25) is 0 Å². The number of carbonyl (C=O) groups is 1. The Hall–Kier alpha value is -0.870. The van der Waals surface area contributed by atoms with Crippen LogP contribution in [0.15, 0.2) is 16.8 Å². The summed E-state index contributed by atoms with van der Waals surface area (Å²) in [6.45, 7) is 3.23. The van der Waals surface area contributed by atoms with Gasteiger partial charge in [-0.15, -0.1) is 0 Å². The summed E-state index contributed by atoms with van der Waals surface area (Å²) in [5, 5.41) is 13.0. The first-order chi connectivity index (χ1) is 8.24. The molecule has 0 saturated carbocycles. The summed E-state index contributed by atoms with van der Waals surface area (Å²) in [5.74, 6) is -0.0987. The maximum absolute atomic E-state index is 10.6. The summed E-state index contributed by atoms with van der Waals surface area (Å²) >= 11 is 1.74. The summed E-state index contributed by atoms with van der Waals surface area (Å²) in [6.07, 6.45) is 3.54. The van der Waals surface area contributed by atoms with Gasteiger partial charge in [0, 0.05) is 19.5 Å². The van der Waals surface area contributed by atoms with Crippen LogP contribution in [0.1, 0.15) is 31.2 Å². The SMILES string of the molecule is O=C(O)CCC1CCCN(Cc2ccsc2)C1. The van der Waals surface area contributed by atoms with Gasteiger partial charge in [0.05, 0.1) is 0 Å². The van der Waals surface area contributed by atoms with Crippen LogP contribution in [0.4, 0.5) is 0 Å². The van der Waals surface area contributed by atoms with Crippen LogP contribution in [0.5, 0.6) is 0 Å². The minimum atomic E-state index is -0.667. The second-order valence-corrected chi connectivity index (χ2v) is 5.59. The highest BCUT2D eigenvalue weighted by Gasteiger charge is 2.20. The van der Waals surface area contributed by atoms with E-state index in [2.05, 4.69) is 21.7 Å². The third kappa shape index (κ3) is 4.13. The molecule has 0 aromatic carbocycles. The number of rotatable bonds is 5. The van der Waals surface area contributed by atoms with Crippen LogP contribution in [0.25, 0.3) is 0 Å². The number of hydrogen-bond acceptors (Lipinski definition) is 3. The Balaban J connectivity index is 1.78. The van der Waals surface area contributed by atoms with Crippen LogP contribution in [0, 0.1) is 5.92 Å². The molecule has 0 bridgehead atoms. The van der Waals surface area contributed by atoms with Crippen LogP contribution >= 0.6 is 11.3 Å². The minimum Gasteiger partial charge on any atom is -0.481 e. The molecule has 1 N–H and O–H groups in total. The van der Waals surface area contributed by atoms with Gasteiger partial charge in [-0.1, -0.05) is 0 Å². The van der Waals surface area contributed by atoms with Crippen molar-refractivity contribution in [2.24, 2.45) is 5.92 Å². The van der Waals surface area contributed by atoms with Gasteiger partial charge < -0.3 is 5.11 Å². The first kappa shape index (κ1) is 12.6. The van der Waals surface area contributed by atoms with Crippen molar-refractivity contribution in [3.63, 3.8) is 0 Å².